The number of hydrogen-bond acceptors (Lipinski definition) is 2. The van der Waals surface area contributed by atoms with Crippen LogP contribution in [0.4, 0.5) is 0 Å². The largest absolute Gasteiger partial charge is 0.383 e. The molecule has 0 fully saturated rings. The molecule has 17 heavy (non-hydrogen) atoms. The molecule has 0 spiro atoms. The number of methoxy groups -OCH3 is 1. The van der Waals surface area contributed by atoms with E-state index in [9.17, 15) is 0 Å². The van der Waals surface area contributed by atoms with Crippen LogP contribution in [0.1, 0.15) is 16.7 Å². The van der Waals surface area contributed by atoms with Crippen LogP contribution >= 0.6 is 15.9 Å². The number of hydrogen-bond donors (Lipinski definition) is 0. The molecule has 0 aliphatic rings. The highest BCUT2D eigenvalue weighted by atomic mass is 79.9. The van der Waals surface area contributed by atoms with Crippen molar-refractivity contribution in [2.24, 2.45) is 0 Å². The number of alkyl halides is 1. The number of aryl methyl sites for hydroxylation is 2. The minimum atomic E-state index is 0.392. The summed E-state index contributed by atoms with van der Waals surface area (Å²) < 4.78 is 5.12. The smallest absolute Gasteiger partial charge is 0.0600 e. The van der Waals surface area contributed by atoms with Crippen LogP contribution in [-0.2, 0) is 11.3 Å². The third-order valence-electron chi connectivity index (χ3n) is 2.59. The summed E-state index contributed by atoms with van der Waals surface area (Å²) in [5.41, 5.74) is 4.04. The lowest BCUT2D eigenvalue weighted by atomic mass is 10.1. The Bertz CT molecular complexity index is 334. The van der Waals surface area contributed by atoms with Gasteiger partial charge < -0.3 is 9.64 Å². The maximum atomic E-state index is 5.12. The van der Waals surface area contributed by atoms with Gasteiger partial charge in [-0.25, -0.2) is 0 Å². The van der Waals surface area contributed by atoms with Gasteiger partial charge in [-0.05, 0) is 26.5 Å². The van der Waals surface area contributed by atoms with Gasteiger partial charge in [-0.3, -0.25) is 0 Å². The van der Waals surface area contributed by atoms with Crippen molar-refractivity contribution in [1.82, 2.24) is 4.90 Å². The van der Waals surface area contributed by atoms with E-state index in [-0.39, 0.29) is 0 Å². The Morgan fingerprint density at radius 1 is 1.24 bits per heavy atom. The third-order valence-corrected chi connectivity index (χ3v) is 3.15. The molecule has 0 radical (unpaired) electrons. The van der Waals surface area contributed by atoms with Gasteiger partial charge in [-0.2, -0.15) is 0 Å². The lowest BCUT2D eigenvalue weighted by molar-refractivity contribution is 0.185. The highest BCUT2D eigenvalue weighted by Gasteiger charge is 2.08. The molecule has 1 aromatic carbocycles. The van der Waals surface area contributed by atoms with E-state index in [2.05, 4.69) is 59.9 Å². The van der Waals surface area contributed by atoms with Crippen molar-refractivity contribution in [2.45, 2.75) is 25.2 Å². The Labute approximate surface area is 113 Å². The molecule has 0 aliphatic heterocycles. The van der Waals surface area contributed by atoms with Crippen molar-refractivity contribution >= 4 is 15.9 Å². The lowest BCUT2D eigenvalue weighted by Crippen LogP contribution is -2.28. The molecule has 0 bridgehead atoms. The molecule has 0 heterocycles. The zero-order valence-electron chi connectivity index (χ0n) is 11.2. The van der Waals surface area contributed by atoms with Gasteiger partial charge in [0, 0.05) is 20.2 Å². The monoisotopic (exact) mass is 299 g/mol. The molecule has 0 amide bonds. The van der Waals surface area contributed by atoms with Gasteiger partial charge >= 0.3 is 0 Å². The summed E-state index contributed by atoms with van der Waals surface area (Å²) in [6, 6.07) is 6.72. The van der Waals surface area contributed by atoms with Crippen LogP contribution in [0.25, 0.3) is 0 Å². The fraction of sp³-hybridized carbons (Fsp3) is 0.571. The Morgan fingerprint density at radius 3 is 2.35 bits per heavy atom. The zero-order valence-corrected chi connectivity index (χ0v) is 12.8. The number of ether oxygens (including phenoxy) is 1. The van der Waals surface area contributed by atoms with Crippen LogP contribution < -0.4 is 0 Å². The van der Waals surface area contributed by atoms with Crippen molar-refractivity contribution in [3.63, 3.8) is 0 Å². The fourth-order valence-corrected chi connectivity index (χ4v) is 2.87. The summed E-state index contributed by atoms with van der Waals surface area (Å²) in [6.45, 7) is 7.01. The van der Waals surface area contributed by atoms with Crippen LogP contribution in [-0.4, -0.2) is 37.0 Å². The molecule has 1 aromatic rings. The van der Waals surface area contributed by atoms with Crippen molar-refractivity contribution < 1.29 is 4.74 Å². The quantitative estimate of drug-likeness (QED) is 0.748. The van der Waals surface area contributed by atoms with Crippen molar-refractivity contribution in [3.05, 3.63) is 34.9 Å². The maximum absolute atomic E-state index is 5.12. The van der Waals surface area contributed by atoms with Crippen LogP contribution in [0.15, 0.2) is 18.2 Å². The minimum absolute atomic E-state index is 0.392. The second-order valence-corrected chi connectivity index (χ2v) is 6.04. The standard InChI is InChI=1S/C14H22BrNO/c1-11-5-12(2)7-13(6-11)8-16(3)9-14(15)10-17-4/h5-7,14H,8-10H2,1-4H3. The first-order valence-corrected chi connectivity index (χ1v) is 6.81. The maximum Gasteiger partial charge on any atom is 0.0600 e. The van der Waals surface area contributed by atoms with Gasteiger partial charge in [-0.15, -0.1) is 0 Å². The number of rotatable bonds is 6. The highest BCUT2D eigenvalue weighted by molar-refractivity contribution is 9.09. The van der Waals surface area contributed by atoms with E-state index < -0.39 is 0 Å². The second kappa shape index (κ2) is 7.14. The first-order chi connectivity index (χ1) is 8.01. The van der Waals surface area contributed by atoms with Gasteiger partial charge in [-0.1, -0.05) is 45.3 Å². The van der Waals surface area contributed by atoms with Crippen LogP contribution in [0.5, 0.6) is 0 Å². The molecular weight excluding hydrogens is 278 g/mol. The van der Waals surface area contributed by atoms with Gasteiger partial charge in [0.1, 0.15) is 0 Å². The molecule has 2 nitrogen and oxygen atoms in total. The van der Waals surface area contributed by atoms with E-state index in [1.54, 1.807) is 7.11 Å². The molecule has 0 aromatic heterocycles. The SMILES string of the molecule is COCC(Br)CN(C)Cc1cc(C)cc(C)c1. The van der Waals surface area contributed by atoms with E-state index in [0.29, 0.717) is 4.83 Å². The molecule has 0 saturated heterocycles. The van der Waals surface area contributed by atoms with E-state index in [0.717, 1.165) is 19.7 Å². The molecule has 0 saturated carbocycles. The molecule has 1 unspecified atom stereocenters. The van der Waals surface area contributed by atoms with E-state index >= 15 is 0 Å². The predicted octanol–water partition coefficient (Wildman–Crippen LogP) is 3.15. The minimum Gasteiger partial charge on any atom is -0.383 e. The molecule has 96 valence electrons. The summed E-state index contributed by atoms with van der Waals surface area (Å²) in [4.78, 5) is 2.70. The molecule has 0 aliphatic carbocycles. The van der Waals surface area contributed by atoms with Crippen LogP contribution in [0.2, 0.25) is 0 Å². The van der Waals surface area contributed by atoms with Gasteiger partial charge in [0.25, 0.3) is 0 Å². The summed E-state index contributed by atoms with van der Waals surface area (Å²) in [7, 11) is 3.87. The van der Waals surface area contributed by atoms with Gasteiger partial charge in [0.2, 0.25) is 0 Å². The first kappa shape index (κ1) is 14.7. The summed E-state index contributed by atoms with van der Waals surface area (Å²) in [5.74, 6) is 0. The number of benzene rings is 1. The van der Waals surface area contributed by atoms with Crippen LogP contribution in [0, 0.1) is 13.8 Å². The topological polar surface area (TPSA) is 12.5 Å². The Kier molecular flexibility index (Phi) is 6.17. The highest BCUT2D eigenvalue weighted by Crippen LogP contribution is 2.12. The summed E-state index contributed by atoms with van der Waals surface area (Å²) >= 11 is 3.61. The fourth-order valence-electron chi connectivity index (χ4n) is 2.11. The molecule has 1 rings (SSSR count). The zero-order chi connectivity index (χ0) is 12.8. The number of nitrogens with zero attached hydrogens (tertiary/aromatic N) is 1. The second-order valence-electron chi connectivity index (χ2n) is 4.75. The summed E-state index contributed by atoms with van der Waals surface area (Å²) in [6.07, 6.45) is 0. The third kappa shape index (κ3) is 5.66. The Hall–Kier alpha value is -0.380. The van der Waals surface area contributed by atoms with E-state index in [1.165, 1.54) is 16.7 Å². The van der Waals surface area contributed by atoms with Crippen molar-refractivity contribution in [1.29, 1.82) is 0 Å². The average Bonchev–Trinajstić information content (AvgIpc) is 2.14. The van der Waals surface area contributed by atoms with Gasteiger partial charge in [0.05, 0.1) is 11.4 Å². The molecule has 1 atom stereocenters. The van der Waals surface area contributed by atoms with Crippen LogP contribution in [0.3, 0.4) is 0 Å². The van der Waals surface area contributed by atoms with E-state index in [1.807, 2.05) is 0 Å². The predicted molar refractivity (Wildman–Crippen MR) is 76.8 cm³/mol. The average molecular weight is 300 g/mol. The molecule has 0 N–H and O–H groups in total. The molecule has 3 heteroatoms. The first-order valence-electron chi connectivity index (χ1n) is 5.90. The molecular formula is C14H22BrNO. The van der Waals surface area contributed by atoms with E-state index in [4.69, 9.17) is 4.74 Å². The Balaban J connectivity index is 2.52. The van der Waals surface area contributed by atoms with Crippen molar-refractivity contribution in [3.8, 4) is 0 Å². The lowest BCUT2D eigenvalue weighted by Gasteiger charge is -2.20. The number of halogens is 1. The Morgan fingerprint density at radius 2 is 1.82 bits per heavy atom. The van der Waals surface area contributed by atoms with Gasteiger partial charge in [0.15, 0.2) is 0 Å². The summed E-state index contributed by atoms with van der Waals surface area (Å²) in [5, 5.41) is 0. The van der Waals surface area contributed by atoms with Crippen molar-refractivity contribution in [2.75, 3.05) is 27.3 Å². The normalized spacial score (nSPS) is 13.1.